The first-order valence-corrected chi connectivity index (χ1v) is 1.54. The predicted molar refractivity (Wildman–Crippen MR) is 19.0 cm³/mol. The molecule has 6 nitrogen and oxygen atoms in total. The van der Waals surface area contributed by atoms with E-state index in [1.54, 1.807) is 0 Å². The van der Waals surface area contributed by atoms with Crippen LogP contribution in [0, 0.1) is 5.53 Å². The van der Waals surface area contributed by atoms with Gasteiger partial charge in [0.15, 0.2) is 0 Å². The molecule has 7 heavy (non-hydrogen) atoms. The van der Waals surface area contributed by atoms with Crippen molar-refractivity contribution >= 4 is 5.95 Å². The van der Waals surface area contributed by atoms with Crippen molar-refractivity contribution in [1.29, 1.82) is 5.53 Å². The number of hydrogen-bond acceptors (Lipinski definition) is 5. The van der Waals surface area contributed by atoms with Gasteiger partial charge in [-0.2, -0.15) is 0 Å². The van der Waals surface area contributed by atoms with Gasteiger partial charge in [0.25, 0.3) is 5.95 Å². The predicted octanol–water partition coefficient (Wildman–Crippen LogP) is -0.138. The standard InChI is InChI=1S/CH2N6/c2-3-1-4-6-7-5-1/h2H,(H,4,5,6,7). The third-order valence-electron chi connectivity index (χ3n) is 0.440. The van der Waals surface area contributed by atoms with E-state index in [1.807, 2.05) is 0 Å². The Kier molecular flexibility index (Phi) is 0.777. The van der Waals surface area contributed by atoms with E-state index in [0.29, 0.717) is 0 Å². The topological polar surface area (TPSA) is 90.7 Å². The fourth-order valence-electron chi connectivity index (χ4n) is 0.202. The van der Waals surface area contributed by atoms with Crippen LogP contribution in [0.3, 0.4) is 0 Å². The highest BCUT2D eigenvalue weighted by molar-refractivity contribution is 5.02. The van der Waals surface area contributed by atoms with Gasteiger partial charge in [0.05, 0.1) is 0 Å². The Morgan fingerprint density at radius 3 is 2.86 bits per heavy atom. The lowest BCUT2D eigenvalue weighted by Gasteiger charge is -1.65. The summed E-state index contributed by atoms with van der Waals surface area (Å²) >= 11 is 0. The van der Waals surface area contributed by atoms with Crippen molar-refractivity contribution in [1.82, 2.24) is 20.6 Å². The van der Waals surface area contributed by atoms with Crippen LogP contribution in [0.25, 0.3) is 0 Å². The summed E-state index contributed by atoms with van der Waals surface area (Å²) in [5, 5.41) is 14.7. The van der Waals surface area contributed by atoms with E-state index < -0.39 is 0 Å². The van der Waals surface area contributed by atoms with Gasteiger partial charge in [-0.15, -0.1) is 5.11 Å². The van der Waals surface area contributed by atoms with Crippen LogP contribution in [-0.2, 0) is 0 Å². The molecule has 0 unspecified atom stereocenters. The molecule has 0 fully saturated rings. The molecule has 0 saturated heterocycles. The van der Waals surface area contributed by atoms with Crippen LogP contribution in [0.4, 0.5) is 5.95 Å². The van der Waals surface area contributed by atoms with E-state index in [9.17, 15) is 0 Å². The molecule has 2 N–H and O–H groups in total. The average Bonchev–Trinajstić information content (AvgIpc) is 2.14. The highest BCUT2D eigenvalue weighted by Crippen LogP contribution is 1.91. The fraction of sp³-hybridized carbons (Fsp3) is 0. The van der Waals surface area contributed by atoms with Gasteiger partial charge in [-0.1, -0.05) is 5.10 Å². The first kappa shape index (κ1) is 3.85. The highest BCUT2D eigenvalue weighted by atomic mass is 15.5. The molecule has 0 atom stereocenters. The van der Waals surface area contributed by atoms with Gasteiger partial charge in [-0.3, -0.25) is 0 Å². The van der Waals surface area contributed by atoms with Gasteiger partial charge in [-0.05, 0) is 10.4 Å². The molecule has 1 heterocycles. The molecule has 0 spiro atoms. The first-order chi connectivity index (χ1) is 3.43. The molecule has 0 amide bonds. The smallest absolute Gasteiger partial charge is 0.222 e. The monoisotopic (exact) mass is 98.0 g/mol. The number of hydrogen-bond donors (Lipinski definition) is 2. The van der Waals surface area contributed by atoms with E-state index in [-0.39, 0.29) is 5.95 Å². The Morgan fingerprint density at radius 1 is 1.71 bits per heavy atom. The number of aromatic nitrogens is 4. The molecule has 0 radical (unpaired) electrons. The van der Waals surface area contributed by atoms with Gasteiger partial charge in [0.2, 0.25) is 0 Å². The zero-order valence-electron chi connectivity index (χ0n) is 3.29. The van der Waals surface area contributed by atoms with Crippen LogP contribution in [0.15, 0.2) is 5.11 Å². The Bertz CT molecular complexity index is 139. The normalized spacial score (nSPS) is 8.57. The average molecular weight is 98.1 g/mol. The Hall–Kier alpha value is -1.33. The van der Waals surface area contributed by atoms with Crippen LogP contribution in [0.1, 0.15) is 0 Å². The molecule has 6 heteroatoms. The maximum Gasteiger partial charge on any atom is 0.284 e. The quantitative estimate of drug-likeness (QED) is 0.479. The van der Waals surface area contributed by atoms with E-state index in [4.69, 9.17) is 5.53 Å². The molecule has 1 aromatic heterocycles. The van der Waals surface area contributed by atoms with Crippen molar-refractivity contribution in [2.45, 2.75) is 0 Å². The highest BCUT2D eigenvalue weighted by Gasteiger charge is 1.85. The molecule has 0 aromatic carbocycles. The second-order valence-electron chi connectivity index (χ2n) is 0.837. The minimum Gasteiger partial charge on any atom is -0.222 e. The largest absolute Gasteiger partial charge is 0.284 e. The Balaban J connectivity index is 2.96. The van der Waals surface area contributed by atoms with Crippen LogP contribution in [0.2, 0.25) is 0 Å². The summed E-state index contributed by atoms with van der Waals surface area (Å²) in [6.45, 7) is 0. The second kappa shape index (κ2) is 1.41. The summed E-state index contributed by atoms with van der Waals surface area (Å²) in [5.74, 6) is 0.125. The summed E-state index contributed by atoms with van der Waals surface area (Å²) in [4.78, 5) is 0. The summed E-state index contributed by atoms with van der Waals surface area (Å²) in [5.41, 5.74) is 6.31. The lowest BCUT2D eigenvalue weighted by molar-refractivity contribution is 0.881. The Labute approximate surface area is 38.4 Å². The molecule has 0 aliphatic heterocycles. The summed E-state index contributed by atoms with van der Waals surface area (Å²) < 4.78 is 0. The lowest BCUT2D eigenvalue weighted by Crippen LogP contribution is -1.64. The van der Waals surface area contributed by atoms with Gasteiger partial charge in [0, 0.05) is 0 Å². The molecule has 0 aliphatic rings. The zero-order valence-corrected chi connectivity index (χ0v) is 3.29. The van der Waals surface area contributed by atoms with E-state index in [1.165, 1.54) is 0 Å². The maximum atomic E-state index is 6.31. The molecular weight excluding hydrogens is 96.1 g/mol. The minimum atomic E-state index is 0.125. The molecule has 1 rings (SSSR count). The zero-order chi connectivity index (χ0) is 5.11. The van der Waals surface area contributed by atoms with Gasteiger partial charge >= 0.3 is 0 Å². The van der Waals surface area contributed by atoms with Crippen molar-refractivity contribution < 1.29 is 0 Å². The minimum absolute atomic E-state index is 0.125. The molecule has 0 bridgehead atoms. The van der Waals surface area contributed by atoms with E-state index in [0.717, 1.165) is 0 Å². The molecule has 0 aliphatic carbocycles. The molecular formula is CH2N6. The van der Waals surface area contributed by atoms with Crippen LogP contribution >= 0.6 is 0 Å². The number of nitrogens with zero attached hydrogens (tertiary/aromatic N) is 4. The number of aromatic amines is 1. The van der Waals surface area contributed by atoms with Gasteiger partial charge in [0.1, 0.15) is 0 Å². The SMILES string of the molecule is N=Nc1nnn[nH]1. The van der Waals surface area contributed by atoms with Crippen molar-refractivity contribution in [2.75, 3.05) is 0 Å². The third kappa shape index (κ3) is 0.566. The third-order valence-corrected chi connectivity index (χ3v) is 0.440. The summed E-state index contributed by atoms with van der Waals surface area (Å²) in [6, 6.07) is 0. The van der Waals surface area contributed by atoms with Crippen LogP contribution < -0.4 is 0 Å². The number of rotatable bonds is 1. The van der Waals surface area contributed by atoms with E-state index >= 15 is 0 Å². The number of tetrazole rings is 1. The number of H-pyrrole nitrogens is 1. The summed E-state index contributed by atoms with van der Waals surface area (Å²) in [6.07, 6.45) is 0. The molecule has 36 valence electrons. The van der Waals surface area contributed by atoms with Gasteiger partial charge in [-0.25, -0.2) is 10.6 Å². The van der Waals surface area contributed by atoms with Crippen molar-refractivity contribution in [3.8, 4) is 0 Å². The fourth-order valence-corrected chi connectivity index (χ4v) is 0.202. The molecule has 0 saturated carbocycles. The van der Waals surface area contributed by atoms with Crippen LogP contribution in [0.5, 0.6) is 0 Å². The molecule has 1 aromatic rings. The first-order valence-electron chi connectivity index (χ1n) is 1.54. The van der Waals surface area contributed by atoms with Crippen molar-refractivity contribution in [2.24, 2.45) is 5.11 Å². The van der Waals surface area contributed by atoms with Crippen molar-refractivity contribution in [3.05, 3.63) is 0 Å². The summed E-state index contributed by atoms with van der Waals surface area (Å²) in [7, 11) is 0. The van der Waals surface area contributed by atoms with Crippen molar-refractivity contribution in [3.63, 3.8) is 0 Å². The lowest BCUT2D eigenvalue weighted by atomic mass is 11.1. The van der Waals surface area contributed by atoms with Gasteiger partial charge < -0.3 is 0 Å². The van der Waals surface area contributed by atoms with E-state index in [2.05, 4.69) is 25.7 Å². The number of nitrogens with one attached hydrogen (secondary N) is 2. The van der Waals surface area contributed by atoms with Crippen LogP contribution in [-0.4, -0.2) is 20.6 Å². The maximum absolute atomic E-state index is 6.31. The Morgan fingerprint density at radius 2 is 2.57 bits per heavy atom. The second-order valence-corrected chi connectivity index (χ2v) is 0.837.